The number of anilines is 2. The largest absolute Gasteiger partial charge is 0.481 e. The van der Waals surface area contributed by atoms with E-state index in [1.807, 2.05) is 43.5 Å². The molecule has 1 aliphatic rings. The van der Waals surface area contributed by atoms with Crippen molar-refractivity contribution in [1.82, 2.24) is 9.97 Å². The van der Waals surface area contributed by atoms with E-state index in [1.165, 1.54) is 6.20 Å². The summed E-state index contributed by atoms with van der Waals surface area (Å²) in [5.41, 5.74) is 7.99. The fourth-order valence-electron chi connectivity index (χ4n) is 3.65. The summed E-state index contributed by atoms with van der Waals surface area (Å²) in [4.78, 5) is 23.5. The van der Waals surface area contributed by atoms with Gasteiger partial charge in [0, 0.05) is 31.4 Å². The third-order valence-corrected chi connectivity index (χ3v) is 6.18. The lowest BCUT2D eigenvalue weighted by Gasteiger charge is -2.32. The number of hydrogen-bond acceptors (Lipinski definition) is 7. The van der Waals surface area contributed by atoms with E-state index in [9.17, 15) is 4.79 Å². The Morgan fingerprint density at radius 1 is 1.48 bits per heavy atom. The summed E-state index contributed by atoms with van der Waals surface area (Å²) >= 11 is 1.61. The summed E-state index contributed by atoms with van der Waals surface area (Å²) in [5.74, 6) is 0.391. The van der Waals surface area contributed by atoms with Crippen LogP contribution in [0.3, 0.4) is 0 Å². The minimum absolute atomic E-state index is 0.230. The van der Waals surface area contributed by atoms with Gasteiger partial charge in [-0.3, -0.25) is 4.79 Å². The van der Waals surface area contributed by atoms with E-state index in [-0.39, 0.29) is 6.42 Å². The minimum Gasteiger partial charge on any atom is -0.481 e. The summed E-state index contributed by atoms with van der Waals surface area (Å²) in [7, 11) is 0. The molecule has 8 heteroatoms. The Labute approximate surface area is 187 Å². The Balaban J connectivity index is 1.67. The molecule has 1 fully saturated rings. The molecule has 0 aromatic carbocycles. The number of carboxylic acids is 1. The van der Waals surface area contributed by atoms with Crippen LogP contribution in [-0.4, -0.2) is 34.1 Å². The van der Waals surface area contributed by atoms with Gasteiger partial charge >= 0.3 is 5.97 Å². The van der Waals surface area contributed by atoms with Crippen molar-refractivity contribution in [3.63, 3.8) is 0 Å². The number of allylic oxidation sites excluding steroid dienone is 3. The first-order valence-corrected chi connectivity index (χ1v) is 11.2. The molecule has 0 saturated carbocycles. The SMILES string of the molecule is C=C(/C=C(C)\C=C/N)Nc1cccc(-c2cnc(N3CCCC(CCC(=O)O)C3)s2)n1. The Hall–Kier alpha value is -3.13. The summed E-state index contributed by atoms with van der Waals surface area (Å²) < 4.78 is 0. The number of thiazole rings is 1. The van der Waals surface area contributed by atoms with Crippen LogP contribution in [0.15, 0.2) is 60.6 Å². The zero-order valence-electron chi connectivity index (χ0n) is 17.8. The fraction of sp³-hybridized carbons (Fsp3) is 0.348. The van der Waals surface area contributed by atoms with Crippen LogP contribution < -0.4 is 16.0 Å². The monoisotopic (exact) mass is 439 g/mol. The highest BCUT2D eigenvalue weighted by atomic mass is 32.1. The van der Waals surface area contributed by atoms with E-state index in [0.29, 0.717) is 11.7 Å². The van der Waals surface area contributed by atoms with Crippen LogP contribution >= 0.6 is 11.3 Å². The van der Waals surface area contributed by atoms with Crippen molar-refractivity contribution in [2.24, 2.45) is 11.7 Å². The number of piperidine rings is 1. The van der Waals surface area contributed by atoms with E-state index < -0.39 is 5.97 Å². The average molecular weight is 440 g/mol. The third-order valence-electron chi connectivity index (χ3n) is 5.10. The summed E-state index contributed by atoms with van der Waals surface area (Å²) in [5, 5.41) is 13.1. The van der Waals surface area contributed by atoms with Gasteiger partial charge in [0.05, 0.1) is 10.6 Å². The maximum absolute atomic E-state index is 10.9. The van der Waals surface area contributed by atoms with Gasteiger partial charge in [-0.05, 0) is 68.2 Å². The van der Waals surface area contributed by atoms with Crippen LogP contribution in [0.25, 0.3) is 10.6 Å². The van der Waals surface area contributed by atoms with Crippen LogP contribution in [0.1, 0.15) is 32.6 Å². The van der Waals surface area contributed by atoms with E-state index in [2.05, 4.69) is 21.8 Å². The zero-order valence-corrected chi connectivity index (χ0v) is 18.6. The first kappa shape index (κ1) is 22.6. The lowest BCUT2D eigenvalue weighted by Crippen LogP contribution is -2.35. The van der Waals surface area contributed by atoms with Gasteiger partial charge in [-0.15, -0.1) is 0 Å². The molecular formula is C23H29N5O2S. The topological polar surface area (TPSA) is 104 Å². The molecule has 31 heavy (non-hydrogen) atoms. The normalized spacial score (nSPS) is 17.1. The molecule has 4 N–H and O–H groups in total. The van der Waals surface area contributed by atoms with E-state index in [1.54, 1.807) is 11.3 Å². The van der Waals surface area contributed by atoms with Crippen LogP contribution in [0, 0.1) is 5.92 Å². The second kappa shape index (κ2) is 10.8. The van der Waals surface area contributed by atoms with E-state index in [0.717, 1.165) is 59.3 Å². The van der Waals surface area contributed by atoms with Crippen molar-refractivity contribution in [2.75, 3.05) is 23.3 Å². The number of pyridine rings is 1. The highest BCUT2D eigenvalue weighted by Gasteiger charge is 2.23. The molecule has 1 saturated heterocycles. The first-order chi connectivity index (χ1) is 14.9. The number of hydrogen-bond donors (Lipinski definition) is 3. The van der Waals surface area contributed by atoms with Gasteiger partial charge in [0.1, 0.15) is 5.82 Å². The molecule has 3 heterocycles. The maximum atomic E-state index is 10.9. The lowest BCUT2D eigenvalue weighted by molar-refractivity contribution is -0.137. The minimum atomic E-state index is -0.725. The molecule has 3 rings (SSSR count). The van der Waals surface area contributed by atoms with Gasteiger partial charge in [0.2, 0.25) is 0 Å². The van der Waals surface area contributed by atoms with Crippen molar-refractivity contribution in [1.29, 1.82) is 0 Å². The molecule has 7 nitrogen and oxygen atoms in total. The number of carbonyl (C=O) groups is 1. The second-order valence-electron chi connectivity index (χ2n) is 7.70. The number of nitrogens with two attached hydrogens (primary N) is 1. The van der Waals surface area contributed by atoms with Crippen molar-refractivity contribution in [3.8, 4) is 10.6 Å². The van der Waals surface area contributed by atoms with Crippen molar-refractivity contribution in [2.45, 2.75) is 32.6 Å². The quantitative estimate of drug-likeness (QED) is 0.489. The van der Waals surface area contributed by atoms with Crippen molar-refractivity contribution >= 4 is 28.3 Å². The van der Waals surface area contributed by atoms with Gasteiger partial charge in [-0.25, -0.2) is 9.97 Å². The number of rotatable bonds is 9. The molecule has 2 aromatic rings. The van der Waals surface area contributed by atoms with Gasteiger partial charge < -0.3 is 21.1 Å². The predicted molar refractivity (Wildman–Crippen MR) is 127 cm³/mol. The standard InChI is InChI=1S/C23H29N5O2S/c1-16(10-11-24)13-17(2)26-21-7-3-6-19(27-21)20-14-25-23(31-20)28-12-4-5-18(15-28)8-9-22(29)30/h3,6-7,10-11,13-14,18H,2,4-5,8-9,12,15,24H2,1H3,(H,26,27)(H,29,30)/b11-10-,16-13-. The van der Waals surface area contributed by atoms with Crippen molar-refractivity contribution < 1.29 is 9.90 Å². The summed E-state index contributed by atoms with van der Waals surface area (Å²) in [6.45, 7) is 7.78. The molecule has 1 aliphatic heterocycles. The van der Waals surface area contributed by atoms with Crippen LogP contribution in [0.4, 0.5) is 10.9 Å². The Kier molecular flexibility index (Phi) is 7.83. The molecule has 1 atom stereocenters. The van der Waals surface area contributed by atoms with Crippen LogP contribution in [0.2, 0.25) is 0 Å². The number of aliphatic carboxylic acids is 1. The Morgan fingerprint density at radius 2 is 2.32 bits per heavy atom. The van der Waals surface area contributed by atoms with E-state index >= 15 is 0 Å². The molecule has 0 aliphatic carbocycles. The van der Waals surface area contributed by atoms with Crippen LogP contribution in [0.5, 0.6) is 0 Å². The van der Waals surface area contributed by atoms with Crippen molar-refractivity contribution in [3.05, 3.63) is 60.6 Å². The van der Waals surface area contributed by atoms with Gasteiger partial charge in [-0.2, -0.15) is 0 Å². The zero-order chi connectivity index (χ0) is 22.2. The molecule has 0 spiro atoms. The number of aromatic nitrogens is 2. The highest BCUT2D eigenvalue weighted by molar-refractivity contribution is 7.18. The smallest absolute Gasteiger partial charge is 0.303 e. The first-order valence-electron chi connectivity index (χ1n) is 10.4. The predicted octanol–water partition coefficient (Wildman–Crippen LogP) is 4.63. The molecule has 0 radical (unpaired) electrons. The molecule has 1 unspecified atom stereocenters. The number of carboxylic acid groups (broad SMARTS) is 1. The van der Waals surface area contributed by atoms with Crippen LogP contribution in [-0.2, 0) is 4.79 Å². The molecule has 164 valence electrons. The van der Waals surface area contributed by atoms with Gasteiger partial charge in [0.15, 0.2) is 5.13 Å². The Bertz CT molecular complexity index is 982. The fourth-order valence-corrected chi connectivity index (χ4v) is 4.57. The second-order valence-corrected chi connectivity index (χ2v) is 8.71. The summed E-state index contributed by atoms with van der Waals surface area (Å²) in [6, 6.07) is 5.82. The molecule has 0 amide bonds. The van der Waals surface area contributed by atoms with E-state index in [4.69, 9.17) is 15.8 Å². The average Bonchev–Trinajstić information content (AvgIpc) is 3.23. The highest BCUT2D eigenvalue weighted by Crippen LogP contribution is 2.33. The number of nitrogens with one attached hydrogen (secondary N) is 1. The van der Waals surface area contributed by atoms with Gasteiger partial charge in [0.25, 0.3) is 0 Å². The molecule has 2 aromatic heterocycles. The number of nitrogens with zero attached hydrogens (tertiary/aromatic N) is 3. The van der Waals surface area contributed by atoms with Gasteiger partial charge in [-0.1, -0.05) is 24.0 Å². The maximum Gasteiger partial charge on any atom is 0.303 e. The molecule has 0 bridgehead atoms. The Morgan fingerprint density at radius 3 is 3.10 bits per heavy atom. The third kappa shape index (κ3) is 6.68. The lowest BCUT2D eigenvalue weighted by atomic mass is 9.94. The molecular weight excluding hydrogens is 410 g/mol. The summed E-state index contributed by atoms with van der Waals surface area (Å²) in [6.07, 6.45) is 10.2.